The number of ether oxygens (including phenoxy) is 2. The van der Waals surface area contributed by atoms with Gasteiger partial charge in [-0.2, -0.15) is 0 Å². The summed E-state index contributed by atoms with van der Waals surface area (Å²) in [7, 11) is 0. The number of morpholine rings is 1. The number of rotatable bonds is 2. The summed E-state index contributed by atoms with van der Waals surface area (Å²) in [5.41, 5.74) is 0.979. The Labute approximate surface area is 107 Å². The van der Waals surface area contributed by atoms with Crippen LogP contribution in [0.15, 0.2) is 18.2 Å². The van der Waals surface area contributed by atoms with Gasteiger partial charge in [0.1, 0.15) is 12.7 Å². The van der Waals surface area contributed by atoms with Crippen LogP contribution in [0.4, 0.5) is 0 Å². The van der Waals surface area contributed by atoms with Gasteiger partial charge in [0.2, 0.25) is 0 Å². The van der Waals surface area contributed by atoms with Gasteiger partial charge in [-0.1, -0.05) is 19.1 Å². The van der Waals surface area contributed by atoms with Crippen LogP contribution in [0.5, 0.6) is 11.5 Å². The number of phenolic OH excluding ortho intramolecular Hbond substituents is 1. The molecule has 0 aromatic heterocycles. The van der Waals surface area contributed by atoms with Crippen molar-refractivity contribution < 1.29 is 14.6 Å². The highest BCUT2D eigenvalue weighted by Gasteiger charge is 2.39. The van der Waals surface area contributed by atoms with Gasteiger partial charge in [-0.15, -0.1) is 0 Å². The number of fused-ring (bicyclic) bond motifs is 3. The topological polar surface area (TPSA) is 41.9 Å². The maximum absolute atomic E-state index is 9.82. The van der Waals surface area contributed by atoms with E-state index in [0.29, 0.717) is 12.4 Å². The highest BCUT2D eigenvalue weighted by molar-refractivity contribution is 5.48. The van der Waals surface area contributed by atoms with Gasteiger partial charge in [0, 0.05) is 12.1 Å². The second-order valence-corrected chi connectivity index (χ2v) is 4.90. The Morgan fingerprint density at radius 2 is 2.33 bits per heavy atom. The molecule has 3 rings (SSSR count). The van der Waals surface area contributed by atoms with Gasteiger partial charge in [0.25, 0.3) is 0 Å². The zero-order valence-electron chi connectivity index (χ0n) is 10.6. The lowest BCUT2D eigenvalue weighted by molar-refractivity contribution is -0.0960. The number of nitrogens with zero attached hydrogens (tertiary/aromatic N) is 1. The standard InChI is InChI=1S/C14H19NO3/c1-2-6-15-7-8-17-13-10-4-3-5-12(16)14(10)18-9-11(13)15/h3-5,11,13,16H,2,6-9H2,1H3. The lowest BCUT2D eigenvalue weighted by Gasteiger charge is -2.44. The van der Waals surface area contributed by atoms with Crippen molar-refractivity contribution in [1.29, 1.82) is 0 Å². The molecule has 2 aliphatic rings. The third-order valence-corrected chi connectivity index (χ3v) is 3.73. The summed E-state index contributed by atoms with van der Waals surface area (Å²) in [6, 6.07) is 5.77. The smallest absolute Gasteiger partial charge is 0.166 e. The van der Waals surface area contributed by atoms with E-state index in [1.165, 1.54) is 0 Å². The molecule has 0 spiro atoms. The van der Waals surface area contributed by atoms with E-state index < -0.39 is 0 Å². The van der Waals surface area contributed by atoms with Crippen LogP contribution in [0, 0.1) is 0 Å². The summed E-state index contributed by atoms with van der Waals surface area (Å²) >= 11 is 0. The molecule has 1 aromatic rings. The second kappa shape index (κ2) is 4.78. The molecule has 2 heterocycles. The fraction of sp³-hybridized carbons (Fsp3) is 0.571. The van der Waals surface area contributed by atoms with Crippen LogP contribution in [0.25, 0.3) is 0 Å². The number of para-hydroxylation sites is 1. The van der Waals surface area contributed by atoms with Crippen molar-refractivity contribution >= 4 is 0 Å². The molecule has 1 fully saturated rings. The van der Waals surface area contributed by atoms with E-state index in [1.54, 1.807) is 6.07 Å². The molecule has 1 N–H and O–H groups in total. The van der Waals surface area contributed by atoms with Gasteiger partial charge in [0.05, 0.1) is 12.6 Å². The Bertz CT molecular complexity index is 433. The zero-order valence-corrected chi connectivity index (χ0v) is 10.6. The predicted molar refractivity (Wildman–Crippen MR) is 67.9 cm³/mol. The summed E-state index contributed by atoms with van der Waals surface area (Å²) in [5.74, 6) is 0.805. The quantitative estimate of drug-likeness (QED) is 0.869. The maximum Gasteiger partial charge on any atom is 0.166 e. The van der Waals surface area contributed by atoms with Crippen molar-refractivity contribution in [3.8, 4) is 11.5 Å². The second-order valence-electron chi connectivity index (χ2n) is 4.90. The summed E-state index contributed by atoms with van der Waals surface area (Å²) < 4.78 is 11.6. The molecule has 2 unspecified atom stereocenters. The molecule has 0 bridgehead atoms. The van der Waals surface area contributed by atoms with Crippen molar-refractivity contribution in [2.24, 2.45) is 0 Å². The van der Waals surface area contributed by atoms with Crippen LogP contribution >= 0.6 is 0 Å². The first-order valence-electron chi connectivity index (χ1n) is 6.61. The van der Waals surface area contributed by atoms with Crippen molar-refractivity contribution in [2.45, 2.75) is 25.5 Å². The molecular weight excluding hydrogens is 230 g/mol. The Hall–Kier alpha value is -1.26. The highest BCUT2D eigenvalue weighted by atomic mass is 16.5. The third kappa shape index (κ3) is 1.85. The molecule has 98 valence electrons. The van der Waals surface area contributed by atoms with E-state index in [4.69, 9.17) is 9.47 Å². The van der Waals surface area contributed by atoms with Crippen LogP contribution in [0.2, 0.25) is 0 Å². The number of hydrogen-bond acceptors (Lipinski definition) is 4. The van der Waals surface area contributed by atoms with Crippen LogP contribution in [-0.2, 0) is 4.74 Å². The zero-order chi connectivity index (χ0) is 12.5. The molecule has 0 radical (unpaired) electrons. The van der Waals surface area contributed by atoms with Crippen molar-refractivity contribution in [1.82, 2.24) is 4.90 Å². The van der Waals surface area contributed by atoms with E-state index in [0.717, 1.165) is 31.7 Å². The minimum absolute atomic E-state index is 0.0288. The fourth-order valence-corrected chi connectivity index (χ4v) is 2.91. The van der Waals surface area contributed by atoms with Crippen LogP contribution in [-0.4, -0.2) is 42.4 Å². The molecule has 0 aliphatic carbocycles. The van der Waals surface area contributed by atoms with E-state index in [-0.39, 0.29) is 17.9 Å². The monoisotopic (exact) mass is 249 g/mol. The molecule has 2 aliphatic heterocycles. The van der Waals surface area contributed by atoms with Gasteiger partial charge in [-0.25, -0.2) is 0 Å². The lowest BCUT2D eigenvalue weighted by atomic mass is 9.96. The molecule has 0 saturated carbocycles. The third-order valence-electron chi connectivity index (χ3n) is 3.73. The van der Waals surface area contributed by atoms with E-state index in [9.17, 15) is 5.11 Å². The van der Waals surface area contributed by atoms with Gasteiger partial charge in [0.15, 0.2) is 11.5 Å². The Kier molecular flexibility index (Phi) is 3.14. The van der Waals surface area contributed by atoms with Crippen molar-refractivity contribution in [3.05, 3.63) is 23.8 Å². The minimum Gasteiger partial charge on any atom is -0.504 e. The molecule has 18 heavy (non-hydrogen) atoms. The SMILES string of the molecule is CCCN1CCOC2c3cccc(O)c3OCC21. The Morgan fingerprint density at radius 1 is 1.44 bits per heavy atom. The van der Waals surface area contributed by atoms with Crippen molar-refractivity contribution in [3.63, 3.8) is 0 Å². The summed E-state index contributed by atoms with van der Waals surface area (Å²) in [5, 5.41) is 9.82. The number of benzene rings is 1. The molecule has 4 heteroatoms. The van der Waals surface area contributed by atoms with E-state index in [2.05, 4.69) is 11.8 Å². The number of hydrogen-bond donors (Lipinski definition) is 1. The average molecular weight is 249 g/mol. The van der Waals surface area contributed by atoms with Crippen LogP contribution < -0.4 is 4.74 Å². The first-order chi connectivity index (χ1) is 8.81. The molecular formula is C14H19NO3. The average Bonchev–Trinajstić information content (AvgIpc) is 2.40. The minimum atomic E-state index is 0.0288. The molecule has 1 aromatic carbocycles. The summed E-state index contributed by atoms with van der Waals surface area (Å²) in [4.78, 5) is 2.43. The van der Waals surface area contributed by atoms with Gasteiger partial charge in [-0.3, -0.25) is 4.90 Å². The normalized spacial score (nSPS) is 27.2. The fourth-order valence-electron chi connectivity index (χ4n) is 2.91. The van der Waals surface area contributed by atoms with E-state index in [1.807, 2.05) is 12.1 Å². The predicted octanol–water partition coefficient (Wildman–Crippen LogP) is 1.94. The number of aromatic hydroxyl groups is 1. The van der Waals surface area contributed by atoms with E-state index >= 15 is 0 Å². The molecule has 4 nitrogen and oxygen atoms in total. The first kappa shape index (κ1) is 11.8. The van der Waals surface area contributed by atoms with Crippen LogP contribution in [0.1, 0.15) is 25.0 Å². The lowest BCUT2D eigenvalue weighted by Crippen LogP contribution is -2.52. The van der Waals surface area contributed by atoms with Crippen LogP contribution in [0.3, 0.4) is 0 Å². The molecule has 0 amide bonds. The summed E-state index contributed by atoms with van der Waals surface area (Å²) in [6.45, 7) is 5.56. The molecule has 1 saturated heterocycles. The Balaban J connectivity index is 1.92. The van der Waals surface area contributed by atoms with Gasteiger partial charge in [-0.05, 0) is 19.0 Å². The highest BCUT2D eigenvalue weighted by Crippen LogP contribution is 2.42. The first-order valence-corrected chi connectivity index (χ1v) is 6.61. The maximum atomic E-state index is 9.82. The van der Waals surface area contributed by atoms with Gasteiger partial charge < -0.3 is 14.6 Å². The Morgan fingerprint density at radius 3 is 3.17 bits per heavy atom. The summed E-state index contributed by atoms with van der Waals surface area (Å²) in [6.07, 6.45) is 1.16. The largest absolute Gasteiger partial charge is 0.504 e. The van der Waals surface area contributed by atoms with Crippen molar-refractivity contribution in [2.75, 3.05) is 26.3 Å². The molecule has 2 atom stereocenters. The number of phenols is 1. The van der Waals surface area contributed by atoms with Gasteiger partial charge >= 0.3 is 0 Å².